The summed E-state index contributed by atoms with van der Waals surface area (Å²) in [7, 11) is 0. The van der Waals surface area contributed by atoms with Gasteiger partial charge in [0.2, 0.25) is 0 Å². The van der Waals surface area contributed by atoms with E-state index in [0.717, 1.165) is 18.7 Å². The highest BCUT2D eigenvalue weighted by Crippen LogP contribution is 2.17. The van der Waals surface area contributed by atoms with E-state index in [2.05, 4.69) is 10.3 Å². The van der Waals surface area contributed by atoms with Crippen LogP contribution in [0.25, 0.3) is 11.4 Å². The second-order valence-corrected chi connectivity index (χ2v) is 4.15. The minimum absolute atomic E-state index is 0.336. The summed E-state index contributed by atoms with van der Waals surface area (Å²) in [6.45, 7) is 2.95. The smallest absolute Gasteiger partial charge is 0.315 e. The molecule has 1 fully saturated rings. The summed E-state index contributed by atoms with van der Waals surface area (Å²) in [4.78, 5) is 23.2. The topological polar surface area (TPSA) is 59.4 Å². The second kappa shape index (κ2) is 4.66. The van der Waals surface area contributed by atoms with Gasteiger partial charge in [-0.2, -0.15) is 4.73 Å². The van der Waals surface area contributed by atoms with Crippen LogP contribution in [-0.4, -0.2) is 46.9 Å². The van der Waals surface area contributed by atoms with E-state index in [9.17, 15) is 4.79 Å². The number of rotatable bonds is 1. The molecule has 94 valence electrons. The van der Waals surface area contributed by atoms with Crippen LogP contribution in [0.3, 0.4) is 0 Å². The van der Waals surface area contributed by atoms with Crippen LogP contribution < -0.4 is 10.2 Å². The molecule has 6 heteroatoms. The molecule has 18 heavy (non-hydrogen) atoms. The lowest BCUT2D eigenvalue weighted by Gasteiger charge is -2.26. The zero-order valence-corrected chi connectivity index (χ0v) is 9.87. The third-order valence-corrected chi connectivity index (χ3v) is 2.97. The van der Waals surface area contributed by atoms with E-state index >= 15 is 0 Å². The van der Waals surface area contributed by atoms with E-state index in [0.29, 0.717) is 18.9 Å². The Morgan fingerprint density at radius 3 is 3.00 bits per heavy atom. The average molecular weight is 246 g/mol. The van der Waals surface area contributed by atoms with Crippen molar-refractivity contribution >= 4 is 6.09 Å². The number of pyridine rings is 1. The molecule has 0 aliphatic carbocycles. The predicted molar refractivity (Wildman–Crippen MR) is 65.3 cm³/mol. The summed E-state index contributed by atoms with van der Waals surface area (Å²) in [6, 6.07) is 5.64. The lowest BCUT2D eigenvalue weighted by molar-refractivity contribution is 0.0884. The maximum absolute atomic E-state index is 12.0. The third-order valence-electron chi connectivity index (χ3n) is 2.97. The van der Waals surface area contributed by atoms with Crippen LogP contribution >= 0.6 is 0 Å². The van der Waals surface area contributed by atoms with Crippen LogP contribution in [-0.2, 0) is 0 Å². The normalized spacial score (nSPS) is 15.9. The first-order valence-corrected chi connectivity index (χ1v) is 5.94. The molecule has 3 aliphatic rings. The van der Waals surface area contributed by atoms with Gasteiger partial charge in [0, 0.05) is 44.1 Å². The standard InChI is InChI=1S/C12H14N4O2/c17-12(15-8-5-13-6-9-15)18-16-7-1-2-10-3-4-14-11(10)16/h1-4,7,13H,5-6,8-9H2. The van der Waals surface area contributed by atoms with Crippen LogP contribution in [0.5, 0.6) is 0 Å². The third kappa shape index (κ3) is 2.02. The molecule has 0 aromatic carbocycles. The Bertz CT molecular complexity index is 519. The molecule has 0 saturated carbocycles. The molecule has 1 amide bonds. The van der Waals surface area contributed by atoms with Gasteiger partial charge >= 0.3 is 6.09 Å². The van der Waals surface area contributed by atoms with Crippen molar-refractivity contribution in [1.29, 1.82) is 0 Å². The molecule has 0 aromatic heterocycles. The minimum atomic E-state index is -0.336. The monoisotopic (exact) mass is 246 g/mol. The summed E-state index contributed by atoms with van der Waals surface area (Å²) in [5, 5.41) is 3.19. The van der Waals surface area contributed by atoms with Crippen molar-refractivity contribution in [2.75, 3.05) is 26.2 Å². The summed E-state index contributed by atoms with van der Waals surface area (Å²) in [5.74, 6) is 0.654. The highest BCUT2D eigenvalue weighted by molar-refractivity contribution is 5.69. The Labute approximate surface area is 104 Å². The van der Waals surface area contributed by atoms with E-state index in [1.807, 2.05) is 18.2 Å². The van der Waals surface area contributed by atoms with E-state index in [4.69, 9.17) is 4.84 Å². The number of hydrogen-bond donors (Lipinski definition) is 1. The van der Waals surface area contributed by atoms with Crippen molar-refractivity contribution in [3.63, 3.8) is 0 Å². The summed E-state index contributed by atoms with van der Waals surface area (Å²) in [5.41, 5.74) is 0.950. The molecular formula is C12H14N4O2. The van der Waals surface area contributed by atoms with E-state index in [-0.39, 0.29) is 6.09 Å². The van der Waals surface area contributed by atoms with Gasteiger partial charge in [-0.3, -0.25) is 0 Å². The number of nitrogens with zero attached hydrogens (tertiary/aromatic N) is 3. The van der Waals surface area contributed by atoms with Gasteiger partial charge < -0.3 is 15.1 Å². The first kappa shape index (κ1) is 11.0. The van der Waals surface area contributed by atoms with Gasteiger partial charge in [0.25, 0.3) is 0 Å². The summed E-state index contributed by atoms with van der Waals surface area (Å²) >= 11 is 0. The van der Waals surface area contributed by atoms with Crippen molar-refractivity contribution in [3.8, 4) is 11.4 Å². The molecule has 6 nitrogen and oxygen atoms in total. The Kier molecular flexibility index (Phi) is 2.85. The molecule has 3 rings (SSSR count). The molecule has 0 radical (unpaired) electrons. The van der Waals surface area contributed by atoms with E-state index in [1.54, 1.807) is 17.3 Å². The highest BCUT2D eigenvalue weighted by Gasteiger charge is 2.19. The van der Waals surface area contributed by atoms with Gasteiger partial charge in [0.15, 0.2) is 5.82 Å². The van der Waals surface area contributed by atoms with Gasteiger partial charge in [-0.15, -0.1) is 0 Å². The molecule has 0 aromatic rings. The first-order chi connectivity index (χ1) is 8.84. The number of piperazine rings is 1. The average Bonchev–Trinajstić information content (AvgIpc) is 2.89. The quantitative estimate of drug-likeness (QED) is 0.793. The van der Waals surface area contributed by atoms with Crippen LogP contribution in [0, 0.1) is 0 Å². The number of carbonyl (C=O) groups excluding carboxylic acids is 1. The van der Waals surface area contributed by atoms with Crippen molar-refractivity contribution in [1.82, 2.24) is 19.9 Å². The zero-order chi connectivity index (χ0) is 12.4. The Morgan fingerprint density at radius 2 is 2.17 bits per heavy atom. The summed E-state index contributed by atoms with van der Waals surface area (Å²) < 4.78 is 1.42. The lowest BCUT2D eigenvalue weighted by Crippen LogP contribution is -2.48. The second-order valence-electron chi connectivity index (χ2n) is 4.15. The fourth-order valence-corrected chi connectivity index (χ4v) is 2.01. The molecule has 1 saturated heterocycles. The van der Waals surface area contributed by atoms with Gasteiger partial charge in [-0.05, 0) is 18.2 Å². The molecule has 0 atom stereocenters. The number of aromatic nitrogens is 2. The minimum Gasteiger partial charge on any atom is -0.315 e. The van der Waals surface area contributed by atoms with Gasteiger partial charge in [-0.25, -0.2) is 9.78 Å². The molecule has 0 bridgehead atoms. The number of amides is 1. The van der Waals surface area contributed by atoms with Crippen molar-refractivity contribution in [2.45, 2.75) is 0 Å². The lowest BCUT2D eigenvalue weighted by atomic mass is 10.3. The molecule has 3 aliphatic heterocycles. The number of hydrogen-bond acceptors (Lipinski definition) is 4. The zero-order valence-electron chi connectivity index (χ0n) is 9.87. The SMILES string of the molecule is O=C(On1cccc2ccnc1-2)N1CCNCC1. The van der Waals surface area contributed by atoms with Crippen LogP contribution in [0.1, 0.15) is 0 Å². The Morgan fingerprint density at radius 1 is 1.33 bits per heavy atom. The fourth-order valence-electron chi connectivity index (χ4n) is 2.01. The Balaban J connectivity index is 1.76. The first-order valence-electron chi connectivity index (χ1n) is 5.94. The van der Waals surface area contributed by atoms with Gasteiger partial charge in [0.1, 0.15) is 0 Å². The molecule has 1 N–H and O–H groups in total. The van der Waals surface area contributed by atoms with Crippen LogP contribution in [0.15, 0.2) is 30.6 Å². The van der Waals surface area contributed by atoms with E-state index < -0.39 is 0 Å². The molecule has 0 spiro atoms. The predicted octanol–water partition coefficient (Wildman–Crippen LogP) is 0.442. The number of fused-ring (bicyclic) bond motifs is 1. The maximum Gasteiger partial charge on any atom is 0.434 e. The van der Waals surface area contributed by atoms with Crippen molar-refractivity contribution < 1.29 is 9.63 Å². The molecule has 3 heterocycles. The van der Waals surface area contributed by atoms with Gasteiger partial charge in [0.05, 0.1) is 0 Å². The number of nitrogens with one attached hydrogen (secondary N) is 1. The van der Waals surface area contributed by atoms with Crippen LogP contribution in [0.2, 0.25) is 0 Å². The Hall–Kier alpha value is -2.08. The fraction of sp³-hybridized carbons (Fsp3) is 0.333. The summed E-state index contributed by atoms with van der Waals surface area (Å²) in [6.07, 6.45) is 3.05. The number of carbonyl (C=O) groups is 1. The molecule has 0 unspecified atom stereocenters. The van der Waals surface area contributed by atoms with Gasteiger partial charge in [-0.1, -0.05) is 0 Å². The van der Waals surface area contributed by atoms with Crippen molar-refractivity contribution in [2.24, 2.45) is 0 Å². The largest absolute Gasteiger partial charge is 0.434 e. The van der Waals surface area contributed by atoms with Crippen molar-refractivity contribution in [3.05, 3.63) is 30.6 Å². The maximum atomic E-state index is 12.0. The highest BCUT2D eigenvalue weighted by atomic mass is 16.7. The van der Waals surface area contributed by atoms with Crippen LogP contribution in [0.4, 0.5) is 4.79 Å². The molecular weight excluding hydrogens is 232 g/mol. The van der Waals surface area contributed by atoms with E-state index in [1.165, 1.54) is 4.73 Å².